The lowest BCUT2D eigenvalue weighted by Gasteiger charge is -2.00. The Hall–Kier alpha value is -2.62. The van der Waals surface area contributed by atoms with Gasteiger partial charge in [-0.3, -0.25) is 4.79 Å². The smallest absolute Gasteiger partial charge is 0.271 e. The van der Waals surface area contributed by atoms with Crippen LogP contribution in [0.4, 0.5) is 5.69 Å². The third-order valence-corrected chi connectivity index (χ3v) is 2.63. The number of anilines is 1. The van der Waals surface area contributed by atoms with E-state index in [1.165, 1.54) is 5.56 Å². The van der Waals surface area contributed by atoms with Gasteiger partial charge in [-0.2, -0.15) is 5.10 Å². The Morgan fingerprint density at radius 1 is 1.11 bits per heavy atom. The summed E-state index contributed by atoms with van der Waals surface area (Å²) in [6.07, 6.45) is 1.61. The SMILES string of the molecule is Cc1ccc(/C=N\NC(=O)c2ccc(N)cc2)cc1. The van der Waals surface area contributed by atoms with E-state index in [0.717, 1.165) is 5.56 Å². The maximum Gasteiger partial charge on any atom is 0.271 e. The van der Waals surface area contributed by atoms with Gasteiger partial charge in [0.25, 0.3) is 5.91 Å². The van der Waals surface area contributed by atoms with Crippen LogP contribution < -0.4 is 11.2 Å². The largest absolute Gasteiger partial charge is 0.399 e. The van der Waals surface area contributed by atoms with Gasteiger partial charge in [0.2, 0.25) is 0 Å². The fraction of sp³-hybridized carbons (Fsp3) is 0.0667. The van der Waals surface area contributed by atoms with Crippen molar-refractivity contribution in [1.82, 2.24) is 5.43 Å². The Bertz CT molecular complexity index is 586. The molecule has 0 fully saturated rings. The standard InChI is InChI=1S/C15H15N3O/c1-11-2-4-12(5-3-11)10-17-18-15(19)13-6-8-14(16)9-7-13/h2-10H,16H2,1H3,(H,18,19)/b17-10-. The molecule has 2 aromatic rings. The van der Waals surface area contributed by atoms with Gasteiger partial charge in [-0.25, -0.2) is 5.43 Å². The third-order valence-electron chi connectivity index (χ3n) is 2.63. The highest BCUT2D eigenvalue weighted by atomic mass is 16.2. The Balaban J connectivity index is 1.96. The van der Waals surface area contributed by atoms with Crippen molar-refractivity contribution in [3.8, 4) is 0 Å². The van der Waals surface area contributed by atoms with Crippen molar-refractivity contribution >= 4 is 17.8 Å². The molecule has 0 spiro atoms. The maximum absolute atomic E-state index is 11.7. The van der Waals surface area contributed by atoms with Gasteiger partial charge in [-0.15, -0.1) is 0 Å². The topological polar surface area (TPSA) is 67.5 Å². The second kappa shape index (κ2) is 5.82. The maximum atomic E-state index is 11.7. The Kier molecular flexibility index (Phi) is 3.93. The summed E-state index contributed by atoms with van der Waals surface area (Å²) < 4.78 is 0. The predicted octanol–water partition coefficient (Wildman–Crippen LogP) is 2.34. The molecule has 0 heterocycles. The van der Waals surface area contributed by atoms with E-state index in [1.807, 2.05) is 31.2 Å². The van der Waals surface area contributed by atoms with Crippen molar-refractivity contribution in [3.05, 3.63) is 65.2 Å². The van der Waals surface area contributed by atoms with Crippen LogP contribution >= 0.6 is 0 Å². The summed E-state index contributed by atoms with van der Waals surface area (Å²) >= 11 is 0. The zero-order chi connectivity index (χ0) is 13.7. The van der Waals surface area contributed by atoms with E-state index in [2.05, 4.69) is 10.5 Å². The molecule has 0 aliphatic rings. The van der Waals surface area contributed by atoms with E-state index < -0.39 is 0 Å². The van der Waals surface area contributed by atoms with Crippen LogP contribution in [0.2, 0.25) is 0 Å². The highest BCUT2D eigenvalue weighted by Crippen LogP contribution is 2.05. The van der Waals surface area contributed by atoms with Crippen molar-refractivity contribution in [2.24, 2.45) is 5.10 Å². The van der Waals surface area contributed by atoms with Crippen LogP contribution in [-0.4, -0.2) is 12.1 Å². The number of amides is 1. The average Bonchev–Trinajstić information content (AvgIpc) is 2.41. The van der Waals surface area contributed by atoms with Crippen molar-refractivity contribution in [2.45, 2.75) is 6.92 Å². The molecule has 4 heteroatoms. The van der Waals surface area contributed by atoms with E-state index in [0.29, 0.717) is 11.3 Å². The Morgan fingerprint density at radius 2 is 1.74 bits per heavy atom. The molecule has 0 atom stereocenters. The molecule has 0 bridgehead atoms. The number of aryl methyl sites for hydroxylation is 1. The number of carbonyl (C=O) groups is 1. The average molecular weight is 253 g/mol. The van der Waals surface area contributed by atoms with Gasteiger partial charge in [0.05, 0.1) is 6.21 Å². The zero-order valence-corrected chi connectivity index (χ0v) is 10.6. The molecule has 2 rings (SSSR count). The van der Waals surface area contributed by atoms with E-state index >= 15 is 0 Å². The van der Waals surface area contributed by atoms with Gasteiger partial charge < -0.3 is 5.73 Å². The molecule has 4 nitrogen and oxygen atoms in total. The number of nitrogen functional groups attached to an aromatic ring is 1. The number of hydrogen-bond acceptors (Lipinski definition) is 3. The fourth-order valence-corrected chi connectivity index (χ4v) is 1.52. The van der Waals surface area contributed by atoms with Gasteiger partial charge in [0, 0.05) is 11.3 Å². The minimum absolute atomic E-state index is 0.261. The summed E-state index contributed by atoms with van der Waals surface area (Å²) in [5.41, 5.74) is 11.3. The molecule has 2 aromatic carbocycles. The lowest BCUT2D eigenvalue weighted by atomic mass is 10.2. The lowest BCUT2D eigenvalue weighted by Crippen LogP contribution is -2.17. The van der Waals surface area contributed by atoms with Crippen molar-refractivity contribution in [2.75, 3.05) is 5.73 Å². The van der Waals surface area contributed by atoms with Gasteiger partial charge >= 0.3 is 0 Å². The molecular weight excluding hydrogens is 238 g/mol. The quantitative estimate of drug-likeness (QED) is 0.501. The highest BCUT2D eigenvalue weighted by molar-refractivity contribution is 5.95. The second-order valence-electron chi connectivity index (χ2n) is 4.23. The first-order chi connectivity index (χ1) is 9.15. The number of rotatable bonds is 3. The lowest BCUT2D eigenvalue weighted by molar-refractivity contribution is 0.0955. The van der Waals surface area contributed by atoms with Crippen LogP contribution in [0.3, 0.4) is 0 Å². The number of hydrogen-bond donors (Lipinski definition) is 2. The summed E-state index contributed by atoms with van der Waals surface area (Å²) in [4.78, 5) is 11.7. The van der Waals surface area contributed by atoms with E-state index in [-0.39, 0.29) is 5.91 Å². The number of nitrogens with two attached hydrogens (primary N) is 1. The molecule has 0 radical (unpaired) electrons. The first-order valence-corrected chi connectivity index (χ1v) is 5.91. The van der Waals surface area contributed by atoms with Gasteiger partial charge in [-0.1, -0.05) is 29.8 Å². The summed E-state index contributed by atoms with van der Waals surface area (Å²) in [5.74, 6) is -0.261. The number of nitrogens with one attached hydrogen (secondary N) is 1. The van der Waals surface area contributed by atoms with Gasteiger partial charge in [0.1, 0.15) is 0 Å². The molecule has 0 saturated heterocycles. The number of hydrazone groups is 1. The van der Waals surface area contributed by atoms with Crippen molar-refractivity contribution in [3.63, 3.8) is 0 Å². The van der Waals surface area contributed by atoms with Crippen LogP contribution in [-0.2, 0) is 0 Å². The monoisotopic (exact) mass is 253 g/mol. The Labute approximate surface area is 112 Å². The van der Waals surface area contributed by atoms with Crippen LogP contribution in [0.1, 0.15) is 21.5 Å². The molecule has 0 aliphatic heterocycles. The molecule has 0 saturated carbocycles. The van der Waals surface area contributed by atoms with Crippen molar-refractivity contribution < 1.29 is 4.79 Å². The molecular formula is C15H15N3O. The van der Waals surface area contributed by atoms with Crippen LogP contribution in [0.15, 0.2) is 53.6 Å². The third kappa shape index (κ3) is 3.67. The number of carbonyl (C=O) groups excluding carboxylic acids is 1. The minimum Gasteiger partial charge on any atom is -0.399 e. The molecule has 0 unspecified atom stereocenters. The number of benzene rings is 2. The molecule has 0 aromatic heterocycles. The van der Waals surface area contributed by atoms with E-state index in [9.17, 15) is 4.79 Å². The van der Waals surface area contributed by atoms with Gasteiger partial charge in [-0.05, 0) is 36.8 Å². The summed E-state index contributed by atoms with van der Waals surface area (Å²) in [5, 5.41) is 3.91. The van der Waals surface area contributed by atoms with Crippen molar-refractivity contribution in [1.29, 1.82) is 0 Å². The normalized spacial score (nSPS) is 10.6. The summed E-state index contributed by atoms with van der Waals surface area (Å²) in [6, 6.07) is 14.5. The highest BCUT2D eigenvalue weighted by Gasteiger charge is 2.02. The molecule has 3 N–H and O–H groups in total. The molecule has 1 amide bonds. The minimum atomic E-state index is -0.261. The van der Waals surface area contributed by atoms with Crippen LogP contribution in [0.25, 0.3) is 0 Å². The van der Waals surface area contributed by atoms with E-state index in [4.69, 9.17) is 5.73 Å². The van der Waals surface area contributed by atoms with Gasteiger partial charge in [0.15, 0.2) is 0 Å². The first-order valence-electron chi connectivity index (χ1n) is 5.91. The predicted molar refractivity (Wildman–Crippen MR) is 77.1 cm³/mol. The fourth-order valence-electron chi connectivity index (χ4n) is 1.52. The molecule has 0 aliphatic carbocycles. The van der Waals surface area contributed by atoms with Crippen LogP contribution in [0, 0.1) is 6.92 Å². The number of nitrogens with zero attached hydrogens (tertiary/aromatic N) is 1. The second-order valence-corrected chi connectivity index (χ2v) is 4.23. The Morgan fingerprint density at radius 3 is 2.37 bits per heavy atom. The molecule has 19 heavy (non-hydrogen) atoms. The summed E-state index contributed by atoms with van der Waals surface area (Å²) in [6.45, 7) is 2.02. The van der Waals surface area contributed by atoms with E-state index in [1.54, 1.807) is 30.5 Å². The first kappa shape index (κ1) is 12.8. The summed E-state index contributed by atoms with van der Waals surface area (Å²) in [7, 11) is 0. The van der Waals surface area contributed by atoms with Crippen LogP contribution in [0.5, 0.6) is 0 Å². The zero-order valence-electron chi connectivity index (χ0n) is 10.6. The molecule has 96 valence electrons.